The summed E-state index contributed by atoms with van der Waals surface area (Å²) in [7, 11) is 0. The Balaban J connectivity index is 1.97. The Morgan fingerprint density at radius 1 is 0.714 bits per heavy atom. The molecule has 0 radical (unpaired) electrons. The molecule has 3 aromatic rings. The molecular weight excluding hydrogens is 254 g/mol. The number of rotatable bonds is 1. The van der Waals surface area contributed by atoms with E-state index >= 15 is 0 Å². The van der Waals surface area contributed by atoms with Crippen LogP contribution in [0.5, 0.6) is 0 Å². The first-order valence-corrected chi connectivity index (χ1v) is 7.35. The minimum Gasteiger partial charge on any atom is -0.310 e. The highest BCUT2D eigenvalue weighted by Gasteiger charge is 2.23. The molecule has 1 aliphatic heterocycles. The Hall–Kier alpha value is -2.54. The molecule has 0 amide bonds. The van der Waals surface area contributed by atoms with Crippen molar-refractivity contribution in [2.75, 3.05) is 4.90 Å². The molecular formula is C20H17N. The lowest BCUT2D eigenvalue weighted by Crippen LogP contribution is -2.18. The lowest BCUT2D eigenvalue weighted by molar-refractivity contribution is 1.08. The van der Waals surface area contributed by atoms with Crippen molar-refractivity contribution in [1.82, 2.24) is 0 Å². The lowest BCUT2D eigenvalue weighted by Gasteiger charge is -2.33. The van der Waals surface area contributed by atoms with Gasteiger partial charge in [-0.15, -0.1) is 0 Å². The van der Waals surface area contributed by atoms with Gasteiger partial charge in [0, 0.05) is 23.5 Å². The number of anilines is 3. The van der Waals surface area contributed by atoms with Crippen molar-refractivity contribution in [3.05, 3.63) is 89.5 Å². The van der Waals surface area contributed by atoms with Gasteiger partial charge < -0.3 is 4.90 Å². The third-order valence-electron chi connectivity index (χ3n) is 4.10. The minimum absolute atomic E-state index is 1.01. The van der Waals surface area contributed by atoms with Gasteiger partial charge in [0.25, 0.3) is 0 Å². The zero-order valence-corrected chi connectivity index (χ0v) is 12.1. The molecule has 0 fully saturated rings. The fourth-order valence-corrected chi connectivity index (χ4v) is 3.14. The van der Waals surface area contributed by atoms with Gasteiger partial charge >= 0.3 is 0 Å². The quantitative estimate of drug-likeness (QED) is 0.450. The van der Waals surface area contributed by atoms with Gasteiger partial charge in [0.1, 0.15) is 0 Å². The molecule has 0 N–H and O–H groups in total. The normalized spacial score (nSPS) is 12.7. The van der Waals surface area contributed by atoms with Crippen molar-refractivity contribution in [2.45, 2.75) is 13.3 Å². The summed E-state index contributed by atoms with van der Waals surface area (Å²) in [6.07, 6.45) is 1.01. The summed E-state index contributed by atoms with van der Waals surface area (Å²) >= 11 is 0. The molecule has 0 spiro atoms. The molecule has 102 valence electrons. The van der Waals surface area contributed by atoms with Crippen LogP contribution in [0.2, 0.25) is 0 Å². The smallest absolute Gasteiger partial charge is 0.0497 e. The maximum atomic E-state index is 2.37. The highest BCUT2D eigenvalue weighted by atomic mass is 15.2. The van der Waals surface area contributed by atoms with Crippen molar-refractivity contribution in [1.29, 1.82) is 0 Å². The van der Waals surface area contributed by atoms with Gasteiger partial charge in [-0.1, -0.05) is 54.1 Å². The molecule has 1 heterocycles. The largest absolute Gasteiger partial charge is 0.310 e. The van der Waals surface area contributed by atoms with Gasteiger partial charge in [0.2, 0.25) is 0 Å². The summed E-state index contributed by atoms with van der Waals surface area (Å²) in [6.45, 7) is 2.16. The summed E-state index contributed by atoms with van der Waals surface area (Å²) in [5.74, 6) is 0. The third kappa shape index (κ3) is 2.02. The van der Waals surface area contributed by atoms with Crippen molar-refractivity contribution in [3.63, 3.8) is 0 Å². The van der Waals surface area contributed by atoms with Crippen LogP contribution in [0.15, 0.2) is 72.8 Å². The van der Waals surface area contributed by atoms with Crippen LogP contribution >= 0.6 is 0 Å². The topological polar surface area (TPSA) is 3.24 Å². The van der Waals surface area contributed by atoms with Crippen LogP contribution in [-0.2, 0) is 6.42 Å². The number of hydrogen-bond acceptors (Lipinski definition) is 1. The van der Waals surface area contributed by atoms with Gasteiger partial charge in [0.05, 0.1) is 0 Å². The lowest BCUT2D eigenvalue weighted by atomic mass is 9.94. The van der Waals surface area contributed by atoms with E-state index in [1.807, 2.05) is 0 Å². The Morgan fingerprint density at radius 2 is 1.43 bits per heavy atom. The highest BCUT2D eigenvalue weighted by molar-refractivity contribution is 5.83. The SMILES string of the molecule is Cc1ccc2c(c1)Cc1ccccc1N2c1ccccc1. The fourth-order valence-electron chi connectivity index (χ4n) is 3.14. The first-order valence-electron chi connectivity index (χ1n) is 7.35. The zero-order chi connectivity index (χ0) is 14.2. The van der Waals surface area contributed by atoms with Gasteiger partial charge in [-0.05, 0) is 42.3 Å². The molecule has 21 heavy (non-hydrogen) atoms. The van der Waals surface area contributed by atoms with Crippen molar-refractivity contribution >= 4 is 17.1 Å². The van der Waals surface area contributed by atoms with E-state index in [1.54, 1.807) is 0 Å². The third-order valence-corrected chi connectivity index (χ3v) is 4.10. The van der Waals surface area contributed by atoms with Gasteiger partial charge in [-0.2, -0.15) is 0 Å². The molecule has 1 heteroatoms. The minimum atomic E-state index is 1.01. The number of nitrogens with zero attached hydrogens (tertiary/aromatic N) is 1. The number of para-hydroxylation sites is 2. The second-order valence-electron chi connectivity index (χ2n) is 5.61. The number of benzene rings is 3. The molecule has 3 aromatic carbocycles. The van der Waals surface area contributed by atoms with Crippen molar-refractivity contribution < 1.29 is 0 Å². The summed E-state index contributed by atoms with van der Waals surface area (Å²) in [6, 6.07) is 26.0. The summed E-state index contributed by atoms with van der Waals surface area (Å²) < 4.78 is 0. The maximum absolute atomic E-state index is 2.37. The summed E-state index contributed by atoms with van der Waals surface area (Å²) in [5, 5.41) is 0. The average Bonchev–Trinajstić information content (AvgIpc) is 2.53. The van der Waals surface area contributed by atoms with Crippen molar-refractivity contribution in [2.24, 2.45) is 0 Å². The first kappa shape index (κ1) is 12.2. The van der Waals surface area contributed by atoms with Gasteiger partial charge in [-0.25, -0.2) is 0 Å². The molecule has 0 unspecified atom stereocenters. The van der Waals surface area contributed by atoms with E-state index in [4.69, 9.17) is 0 Å². The fraction of sp³-hybridized carbons (Fsp3) is 0.100. The van der Waals surface area contributed by atoms with E-state index in [9.17, 15) is 0 Å². The number of aryl methyl sites for hydroxylation is 1. The Bertz CT molecular complexity index is 790. The molecule has 0 aromatic heterocycles. The van der Waals surface area contributed by atoms with Crippen LogP contribution < -0.4 is 4.90 Å². The average molecular weight is 271 g/mol. The van der Waals surface area contributed by atoms with E-state index in [0.717, 1.165) is 6.42 Å². The zero-order valence-electron chi connectivity index (χ0n) is 12.1. The molecule has 0 saturated carbocycles. The molecule has 4 rings (SSSR count). The van der Waals surface area contributed by atoms with Crippen LogP contribution in [0.1, 0.15) is 16.7 Å². The number of fused-ring (bicyclic) bond motifs is 2. The van der Waals surface area contributed by atoms with E-state index in [0.29, 0.717) is 0 Å². The Labute approximate surface area is 125 Å². The van der Waals surface area contributed by atoms with E-state index in [1.165, 1.54) is 33.8 Å². The highest BCUT2D eigenvalue weighted by Crippen LogP contribution is 2.43. The van der Waals surface area contributed by atoms with Crippen LogP contribution in [0.3, 0.4) is 0 Å². The van der Waals surface area contributed by atoms with Gasteiger partial charge in [-0.3, -0.25) is 0 Å². The van der Waals surface area contributed by atoms with E-state index in [2.05, 4.69) is 84.6 Å². The van der Waals surface area contributed by atoms with Crippen LogP contribution in [0.4, 0.5) is 17.1 Å². The Kier molecular flexibility index (Phi) is 2.78. The maximum Gasteiger partial charge on any atom is 0.0497 e. The molecule has 0 atom stereocenters. The first-order chi connectivity index (χ1) is 10.3. The predicted molar refractivity (Wildman–Crippen MR) is 88.7 cm³/mol. The number of hydrogen-bond donors (Lipinski definition) is 0. The standard InChI is InChI=1S/C20H17N/c1-15-11-12-20-17(13-15)14-16-7-5-6-10-19(16)21(20)18-8-3-2-4-9-18/h2-13H,14H2,1H3. The predicted octanol–water partition coefficient (Wildman–Crippen LogP) is 5.37. The van der Waals surface area contributed by atoms with Crippen LogP contribution in [-0.4, -0.2) is 0 Å². The second kappa shape index (κ2) is 4.78. The molecule has 1 nitrogen and oxygen atoms in total. The van der Waals surface area contributed by atoms with Crippen molar-refractivity contribution in [3.8, 4) is 0 Å². The van der Waals surface area contributed by atoms with E-state index in [-0.39, 0.29) is 0 Å². The molecule has 0 bridgehead atoms. The Morgan fingerprint density at radius 3 is 2.29 bits per heavy atom. The summed E-state index contributed by atoms with van der Waals surface area (Å²) in [5.41, 5.74) is 7.92. The van der Waals surface area contributed by atoms with Crippen LogP contribution in [0.25, 0.3) is 0 Å². The second-order valence-corrected chi connectivity index (χ2v) is 5.61. The monoisotopic (exact) mass is 271 g/mol. The van der Waals surface area contributed by atoms with Crippen LogP contribution in [0, 0.1) is 6.92 Å². The van der Waals surface area contributed by atoms with Gasteiger partial charge in [0.15, 0.2) is 0 Å². The molecule has 1 aliphatic rings. The van der Waals surface area contributed by atoms with E-state index < -0.39 is 0 Å². The molecule has 0 aliphatic carbocycles. The molecule has 0 saturated heterocycles. The summed E-state index contributed by atoms with van der Waals surface area (Å²) in [4.78, 5) is 2.37.